The lowest BCUT2D eigenvalue weighted by Crippen LogP contribution is -2.34. The van der Waals surface area contributed by atoms with Crippen LogP contribution in [0.25, 0.3) is 0 Å². The van der Waals surface area contributed by atoms with Crippen LogP contribution in [0.4, 0.5) is 4.39 Å². The molecule has 3 rings (SSSR count). The van der Waals surface area contributed by atoms with Gasteiger partial charge in [0.15, 0.2) is 0 Å². The van der Waals surface area contributed by atoms with Crippen molar-refractivity contribution in [3.8, 4) is 11.8 Å². The number of rotatable bonds is 5. The minimum absolute atomic E-state index is 0.153. The van der Waals surface area contributed by atoms with Crippen molar-refractivity contribution in [3.63, 3.8) is 0 Å². The molecule has 0 amide bonds. The van der Waals surface area contributed by atoms with Gasteiger partial charge in [0.1, 0.15) is 11.7 Å². The molecule has 0 saturated heterocycles. The lowest BCUT2D eigenvalue weighted by molar-refractivity contribution is -0.113. The van der Waals surface area contributed by atoms with Gasteiger partial charge >= 0.3 is 0 Å². The number of fused-ring (bicyclic) bond motifs is 1. The topological polar surface area (TPSA) is 68.3 Å². The van der Waals surface area contributed by atoms with Crippen LogP contribution < -0.4 is 5.73 Å². The number of aromatic nitrogens is 1. The fraction of sp³-hybridized carbons (Fsp3) is 0.348. The second-order valence-electron chi connectivity index (χ2n) is 7.30. The summed E-state index contributed by atoms with van der Waals surface area (Å²) in [6.45, 7) is 3.93. The molecule has 1 unspecified atom stereocenters. The smallest absolute Gasteiger partial charge is 0.209 e. The number of amidine groups is 1. The lowest BCUT2D eigenvalue weighted by atomic mass is 9.81. The fourth-order valence-corrected chi connectivity index (χ4v) is 3.46. The van der Waals surface area contributed by atoms with Gasteiger partial charge in [-0.15, -0.1) is 0 Å². The molecule has 1 aliphatic rings. The molecular weight excluding hydrogens is 353 g/mol. The maximum absolute atomic E-state index is 14.7. The van der Waals surface area contributed by atoms with Crippen molar-refractivity contribution >= 4 is 11.6 Å². The molecule has 4 nitrogen and oxygen atoms in total. The Kier molecular flexibility index (Phi) is 5.89. The van der Waals surface area contributed by atoms with Gasteiger partial charge in [-0.1, -0.05) is 25.3 Å². The van der Waals surface area contributed by atoms with Gasteiger partial charge in [0.2, 0.25) is 5.78 Å². The van der Waals surface area contributed by atoms with E-state index < -0.39 is 5.54 Å². The van der Waals surface area contributed by atoms with Gasteiger partial charge in [0.05, 0.1) is 5.54 Å². The van der Waals surface area contributed by atoms with Crippen LogP contribution in [0.1, 0.15) is 55.4 Å². The largest absolute Gasteiger partial charge is 0.383 e. The Morgan fingerprint density at radius 2 is 2.18 bits per heavy atom. The van der Waals surface area contributed by atoms with E-state index in [9.17, 15) is 9.18 Å². The summed E-state index contributed by atoms with van der Waals surface area (Å²) >= 11 is 0. The predicted octanol–water partition coefficient (Wildman–Crippen LogP) is 3.70. The van der Waals surface area contributed by atoms with Crippen LogP contribution in [0.15, 0.2) is 41.7 Å². The molecule has 0 spiro atoms. The first kappa shape index (κ1) is 19.8. The van der Waals surface area contributed by atoms with Crippen molar-refractivity contribution in [2.45, 2.75) is 51.5 Å². The standard InChI is InChI=1S/C23H24FN3O/c1-3-4-5-6-7-18(28)12-16-8-9-21(24)20(13-16)23(2)14-17-15-26-11-10-19(17)22(25)27-23/h8-11,13,15H,3-5,12,14H2,1-2H3,(H2,25,27). The molecule has 1 atom stereocenters. The number of Topliss-reactive ketones (excluding diaryl/α,β-unsaturated/α-hetero) is 1. The Labute approximate surface area is 165 Å². The van der Waals surface area contributed by atoms with E-state index in [1.54, 1.807) is 24.5 Å². The molecule has 0 fully saturated rings. The monoisotopic (exact) mass is 377 g/mol. The van der Waals surface area contributed by atoms with E-state index in [1.807, 2.05) is 13.0 Å². The van der Waals surface area contributed by atoms with Crippen LogP contribution in [-0.2, 0) is 23.2 Å². The van der Waals surface area contributed by atoms with Crippen molar-refractivity contribution in [2.75, 3.05) is 0 Å². The summed E-state index contributed by atoms with van der Waals surface area (Å²) in [4.78, 5) is 20.9. The molecule has 2 N–H and O–H groups in total. The zero-order chi connectivity index (χ0) is 20.1. The van der Waals surface area contributed by atoms with Crippen LogP contribution >= 0.6 is 0 Å². The summed E-state index contributed by atoms with van der Waals surface area (Å²) in [5.41, 5.74) is 8.20. The van der Waals surface area contributed by atoms with Crippen LogP contribution in [0.3, 0.4) is 0 Å². The number of nitrogens with zero attached hydrogens (tertiary/aromatic N) is 2. The van der Waals surface area contributed by atoms with Crippen molar-refractivity contribution in [1.82, 2.24) is 4.98 Å². The third-order valence-electron chi connectivity index (χ3n) is 4.94. The molecular formula is C23H24FN3O. The summed E-state index contributed by atoms with van der Waals surface area (Å²) in [5.74, 6) is 5.41. The minimum Gasteiger partial charge on any atom is -0.383 e. The van der Waals surface area contributed by atoms with Gasteiger partial charge < -0.3 is 5.73 Å². The second kappa shape index (κ2) is 8.35. The van der Waals surface area contributed by atoms with E-state index in [4.69, 9.17) is 5.73 Å². The van der Waals surface area contributed by atoms with Gasteiger partial charge in [-0.3, -0.25) is 14.8 Å². The highest BCUT2D eigenvalue weighted by atomic mass is 19.1. The number of unbranched alkanes of at least 4 members (excludes halogenated alkanes) is 2. The first-order chi connectivity index (χ1) is 13.4. The van der Waals surface area contributed by atoms with Gasteiger partial charge in [0, 0.05) is 42.8 Å². The van der Waals surface area contributed by atoms with E-state index in [0.717, 1.165) is 36.0 Å². The zero-order valence-electron chi connectivity index (χ0n) is 16.3. The predicted molar refractivity (Wildman–Crippen MR) is 108 cm³/mol. The van der Waals surface area contributed by atoms with Crippen molar-refractivity contribution < 1.29 is 9.18 Å². The summed E-state index contributed by atoms with van der Waals surface area (Å²) in [6.07, 6.45) is 6.79. The summed E-state index contributed by atoms with van der Waals surface area (Å²) in [7, 11) is 0. The molecule has 0 bridgehead atoms. The summed E-state index contributed by atoms with van der Waals surface area (Å²) in [5, 5.41) is 0. The fourth-order valence-electron chi connectivity index (χ4n) is 3.46. The van der Waals surface area contributed by atoms with E-state index in [0.29, 0.717) is 17.8 Å². The molecule has 2 aromatic rings. The molecule has 2 heterocycles. The van der Waals surface area contributed by atoms with Gasteiger partial charge in [-0.25, -0.2) is 4.39 Å². The first-order valence-corrected chi connectivity index (χ1v) is 9.52. The number of nitrogens with two attached hydrogens (primary N) is 1. The molecule has 144 valence electrons. The third kappa shape index (κ3) is 4.28. The highest BCUT2D eigenvalue weighted by Crippen LogP contribution is 2.36. The molecule has 1 aliphatic heterocycles. The molecule has 0 saturated carbocycles. The maximum Gasteiger partial charge on any atom is 0.209 e. The van der Waals surface area contributed by atoms with Crippen LogP contribution in [0.5, 0.6) is 0 Å². The van der Waals surface area contributed by atoms with E-state index in [2.05, 4.69) is 28.7 Å². The Morgan fingerprint density at radius 1 is 1.36 bits per heavy atom. The van der Waals surface area contributed by atoms with E-state index in [1.165, 1.54) is 6.07 Å². The van der Waals surface area contributed by atoms with Crippen LogP contribution in [0.2, 0.25) is 0 Å². The quantitative estimate of drug-likeness (QED) is 0.491. The second-order valence-corrected chi connectivity index (χ2v) is 7.30. The number of benzene rings is 1. The number of hydrogen-bond acceptors (Lipinski definition) is 4. The van der Waals surface area contributed by atoms with Gasteiger partial charge in [-0.05, 0) is 48.6 Å². The van der Waals surface area contributed by atoms with E-state index in [-0.39, 0.29) is 18.0 Å². The molecule has 28 heavy (non-hydrogen) atoms. The molecule has 0 radical (unpaired) electrons. The third-order valence-corrected chi connectivity index (χ3v) is 4.94. The highest BCUT2D eigenvalue weighted by molar-refractivity contribution is 6.00. The normalized spacial score (nSPS) is 17.9. The molecule has 0 aliphatic carbocycles. The number of pyridine rings is 1. The summed E-state index contributed by atoms with van der Waals surface area (Å²) < 4.78 is 14.7. The molecule has 1 aromatic carbocycles. The maximum atomic E-state index is 14.7. The van der Waals surface area contributed by atoms with Crippen LogP contribution in [-0.4, -0.2) is 16.6 Å². The summed E-state index contributed by atoms with van der Waals surface area (Å²) in [6, 6.07) is 6.53. The SMILES string of the molecule is CCCCC#CC(=O)Cc1ccc(F)c(C2(C)Cc3cnccc3C(N)=N2)c1. The Balaban J connectivity index is 1.87. The number of ketones is 1. The van der Waals surface area contributed by atoms with Crippen molar-refractivity contribution in [1.29, 1.82) is 0 Å². The van der Waals surface area contributed by atoms with Gasteiger partial charge in [0.25, 0.3) is 0 Å². The number of carbonyl (C=O) groups excluding carboxylic acids is 1. The average Bonchev–Trinajstić information content (AvgIpc) is 2.66. The van der Waals surface area contributed by atoms with E-state index >= 15 is 0 Å². The molecule has 1 aromatic heterocycles. The lowest BCUT2D eigenvalue weighted by Gasteiger charge is -2.32. The Hall–Kier alpha value is -3.00. The first-order valence-electron chi connectivity index (χ1n) is 9.52. The Morgan fingerprint density at radius 3 is 2.96 bits per heavy atom. The highest BCUT2D eigenvalue weighted by Gasteiger charge is 2.34. The van der Waals surface area contributed by atoms with Crippen molar-refractivity contribution in [3.05, 3.63) is 64.7 Å². The number of carbonyl (C=O) groups is 1. The van der Waals surface area contributed by atoms with Crippen LogP contribution in [0, 0.1) is 17.7 Å². The number of halogens is 1. The average molecular weight is 377 g/mol. The number of hydrogen-bond donors (Lipinski definition) is 1. The van der Waals surface area contributed by atoms with Crippen molar-refractivity contribution in [2.24, 2.45) is 10.7 Å². The minimum atomic E-state index is -0.851. The Bertz CT molecular complexity index is 987. The zero-order valence-corrected chi connectivity index (χ0v) is 16.3. The molecule has 5 heteroatoms. The number of aliphatic imine (C=N–C) groups is 1. The van der Waals surface area contributed by atoms with Gasteiger partial charge in [-0.2, -0.15) is 0 Å².